The van der Waals surface area contributed by atoms with Gasteiger partial charge < -0.3 is 0 Å². The molecule has 1 aliphatic rings. The number of nitrogens with zero attached hydrogens (tertiary/aromatic N) is 1. The van der Waals surface area contributed by atoms with E-state index >= 15 is 0 Å². The van der Waals surface area contributed by atoms with Gasteiger partial charge in [-0.05, 0) is 18.2 Å². The van der Waals surface area contributed by atoms with E-state index < -0.39 is 0 Å². The third-order valence-electron chi connectivity index (χ3n) is 2.21. The summed E-state index contributed by atoms with van der Waals surface area (Å²) in [6.07, 6.45) is 4.14. The summed E-state index contributed by atoms with van der Waals surface area (Å²) in [7, 11) is 0. The van der Waals surface area contributed by atoms with Gasteiger partial charge in [0.05, 0.1) is 11.2 Å². The molecule has 2 aromatic rings. The van der Waals surface area contributed by atoms with Crippen LogP contribution in [0.25, 0.3) is 23.1 Å². The van der Waals surface area contributed by atoms with Gasteiger partial charge in [0.25, 0.3) is 0 Å². The van der Waals surface area contributed by atoms with Crippen LogP contribution in [0.5, 0.6) is 0 Å². The number of para-hydroxylation sites is 1. The predicted octanol–water partition coefficient (Wildman–Crippen LogP) is 2.72. The van der Waals surface area contributed by atoms with Crippen LogP contribution in [-0.2, 0) is 0 Å². The lowest BCUT2D eigenvalue weighted by molar-refractivity contribution is 1.34. The van der Waals surface area contributed by atoms with Gasteiger partial charge >= 0.3 is 0 Å². The van der Waals surface area contributed by atoms with Gasteiger partial charge in [-0.3, -0.25) is 0 Å². The largest absolute Gasteiger partial charge is 0.248 e. The van der Waals surface area contributed by atoms with E-state index in [4.69, 9.17) is 0 Å². The molecule has 0 saturated carbocycles. The van der Waals surface area contributed by atoms with Crippen LogP contribution in [0.2, 0.25) is 0 Å². The Morgan fingerprint density at radius 3 is 2.75 bits per heavy atom. The van der Waals surface area contributed by atoms with Crippen molar-refractivity contribution in [3.8, 4) is 0 Å². The fourth-order valence-corrected chi connectivity index (χ4v) is 1.49. The highest BCUT2D eigenvalue weighted by Crippen LogP contribution is 2.25. The average Bonchev–Trinajstić information content (AvgIpc) is 2.09. The molecule has 0 atom stereocenters. The molecule has 0 radical (unpaired) electrons. The highest BCUT2D eigenvalue weighted by atomic mass is 14.7. The monoisotopic (exact) mass is 153 g/mol. The Bertz CT molecular complexity index is 439. The summed E-state index contributed by atoms with van der Waals surface area (Å²) in [6, 6.07) is 10.4. The Morgan fingerprint density at radius 1 is 1.00 bits per heavy atom. The fraction of sp³-hybridized carbons (Fsp3) is 0. The molecule has 1 aliphatic carbocycles. The molecule has 56 valence electrons. The predicted molar refractivity (Wildman–Crippen MR) is 50.7 cm³/mol. The van der Waals surface area contributed by atoms with Crippen molar-refractivity contribution < 1.29 is 0 Å². The SMILES string of the molecule is C1=Cc2nc3ccccc3cc21. The second kappa shape index (κ2) is 1.95. The molecule has 0 unspecified atom stereocenters. The van der Waals surface area contributed by atoms with Crippen molar-refractivity contribution in [3.05, 3.63) is 41.6 Å². The quantitative estimate of drug-likeness (QED) is 0.484. The van der Waals surface area contributed by atoms with Gasteiger partial charge in [0.2, 0.25) is 0 Å². The first-order valence-corrected chi connectivity index (χ1v) is 4.01. The second-order valence-corrected chi connectivity index (χ2v) is 2.99. The van der Waals surface area contributed by atoms with Crippen LogP contribution < -0.4 is 0 Å². The van der Waals surface area contributed by atoms with Crippen molar-refractivity contribution in [2.24, 2.45) is 0 Å². The van der Waals surface area contributed by atoms with Crippen LogP contribution in [0.1, 0.15) is 11.3 Å². The van der Waals surface area contributed by atoms with Crippen LogP contribution in [0.15, 0.2) is 30.3 Å². The van der Waals surface area contributed by atoms with E-state index in [1.54, 1.807) is 0 Å². The van der Waals surface area contributed by atoms with Crippen LogP contribution in [0.3, 0.4) is 0 Å². The lowest BCUT2D eigenvalue weighted by Crippen LogP contribution is -1.93. The normalized spacial score (nSPS) is 12.7. The molecule has 0 aliphatic heterocycles. The minimum Gasteiger partial charge on any atom is -0.248 e. The fourth-order valence-electron chi connectivity index (χ4n) is 1.49. The van der Waals surface area contributed by atoms with Crippen molar-refractivity contribution >= 4 is 23.1 Å². The summed E-state index contributed by atoms with van der Waals surface area (Å²) in [6.45, 7) is 0. The Labute approximate surface area is 70.4 Å². The molecule has 1 heteroatoms. The van der Waals surface area contributed by atoms with Crippen molar-refractivity contribution in [1.82, 2.24) is 4.98 Å². The number of rotatable bonds is 0. The van der Waals surface area contributed by atoms with Crippen LogP contribution in [0, 0.1) is 0 Å². The van der Waals surface area contributed by atoms with Crippen LogP contribution in [-0.4, -0.2) is 4.98 Å². The molecule has 0 N–H and O–H groups in total. The maximum atomic E-state index is 4.48. The number of hydrogen-bond acceptors (Lipinski definition) is 1. The zero-order valence-corrected chi connectivity index (χ0v) is 6.49. The summed E-state index contributed by atoms with van der Waals surface area (Å²) in [4.78, 5) is 4.48. The first-order chi connectivity index (χ1) is 5.93. The van der Waals surface area contributed by atoms with Crippen molar-refractivity contribution in [1.29, 1.82) is 0 Å². The van der Waals surface area contributed by atoms with Gasteiger partial charge in [-0.25, -0.2) is 4.98 Å². The molecular formula is C11H7N. The van der Waals surface area contributed by atoms with Gasteiger partial charge in [-0.1, -0.05) is 24.3 Å². The minimum atomic E-state index is 1.08. The molecule has 1 nitrogen and oxygen atoms in total. The average molecular weight is 153 g/mol. The molecule has 12 heavy (non-hydrogen) atoms. The number of pyridine rings is 1. The van der Waals surface area contributed by atoms with Crippen LogP contribution in [0.4, 0.5) is 0 Å². The van der Waals surface area contributed by atoms with Gasteiger partial charge in [0.15, 0.2) is 0 Å². The van der Waals surface area contributed by atoms with Crippen molar-refractivity contribution in [2.75, 3.05) is 0 Å². The lowest BCUT2D eigenvalue weighted by atomic mass is 10.0. The minimum absolute atomic E-state index is 1.08. The summed E-state index contributed by atoms with van der Waals surface area (Å²) in [5.74, 6) is 0. The maximum absolute atomic E-state index is 4.48. The highest BCUT2D eigenvalue weighted by Gasteiger charge is 2.07. The third-order valence-corrected chi connectivity index (χ3v) is 2.21. The van der Waals surface area contributed by atoms with E-state index in [2.05, 4.69) is 23.2 Å². The van der Waals surface area contributed by atoms with Gasteiger partial charge in [-0.15, -0.1) is 0 Å². The van der Waals surface area contributed by atoms with E-state index in [-0.39, 0.29) is 0 Å². The van der Waals surface area contributed by atoms with E-state index in [0.717, 1.165) is 11.2 Å². The first-order valence-electron chi connectivity index (χ1n) is 4.01. The zero-order valence-electron chi connectivity index (χ0n) is 6.49. The second-order valence-electron chi connectivity index (χ2n) is 2.99. The Kier molecular flexibility index (Phi) is 0.965. The third kappa shape index (κ3) is 0.654. The number of aromatic nitrogens is 1. The van der Waals surface area contributed by atoms with Crippen molar-refractivity contribution in [2.45, 2.75) is 0 Å². The van der Waals surface area contributed by atoms with Gasteiger partial charge in [-0.2, -0.15) is 0 Å². The van der Waals surface area contributed by atoms with Gasteiger partial charge in [0.1, 0.15) is 0 Å². The lowest BCUT2D eigenvalue weighted by Gasteiger charge is -2.09. The Morgan fingerprint density at radius 2 is 1.92 bits per heavy atom. The summed E-state index contributed by atoms with van der Waals surface area (Å²) in [5.41, 5.74) is 3.46. The van der Waals surface area contributed by atoms with E-state index in [1.807, 2.05) is 24.3 Å². The molecule has 1 aromatic heterocycles. The Balaban J connectivity index is 2.46. The smallest absolute Gasteiger partial charge is 0.0709 e. The molecule has 1 aromatic carbocycles. The summed E-state index contributed by atoms with van der Waals surface area (Å²) < 4.78 is 0. The molecule has 0 amide bonds. The standard InChI is InChI=1S/C11H7N/c1-2-4-10-8(3-1)7-9-5-6-11(9)12-10/h1-7H. The highest BCUT2D eigenvalue weighted by molar-refractivity contribution is 5.91. The summed E-state index contributed by atoms with van der Waals surface area (Å²) in [5, 5.41) is 1.22. The molecular weight excluding hydrogens is 146 g/mol. The van der Waals surface area contributed by atoms with E-state index in [0.29, 0.717) is 0 Å². The van der Waals surface area contributed by atoms with Gasteiger partial charge in [0, 0.05) is 10.9 Å². The van der Waals surface area contributed by atoms with Crippen LogP contribution >= 0.6 is 0 Å². The number of hydrogen-bond donors (Lipinski definition) is 0. The van der Waals surface area contributed by atoms with E-state index in [1.165, 1.54) is 10.9 Å². The molecule has 0 saturated heterocycles. The topological polar surface area (TPSA) is 12.9 Å². The molecule has 0 bridgehead atoms. The molecule has 3 rings (SSSR count). The number of benzene rings is 1. The first kappa shape index (κ1) is 5.95. The zero-order chi connectivity index (χ0) is 7.97. The number of fused-ring (bicyclic) bond motifs is 2. The molecule has 0 fully saturated rings. The van der Waals surface area contributed by atoms with Crippen molar-refractivity contribution in [3.63, 3.8) is 0 Å². The maximum Gasteiger partial charge on any atom is 0.0709 e. The molecule has 1 heterocycles. The molecule has 0 spiro atoms. The Hall–Kier alpha value is -1.63. The van der Waals surface area contributed by atoms with E-state index in [9.17, 15) is 0 Å². The summed E-state index contributed by atoms with van der Waals surface area (Å²) >= 11 is 0.